The van der Waals surface area contributed by atoms with E-state index in [2.05, 4.69) is 34.6 Å². The minimum Gasteiger partial charge on any atom is -0.462 e. The second kappa shape index (κ2) is 73.0. The monoisotopic (exact) mass is 1450 g/mol. The summed E-state index contributed by atoms with van der Waals surface area (Å²) in [6.07, 6.45) is 63.9. The molecule has 0 saturated heterocycles. The molecule has 0 aliphatic carbocycles. The number of aliphatic hydroxyl groups excluding tert-OH is 1. The van der Waals surface area contributed by atoms with Gasteiger partial charge in [0.1, 0.15) is 19.3 Å². The molecule has 0 rings (SSSR count). The average Bonchev–Trinajstić information content (AvgIpc) is 1.17. The molecule has 0 aliphatic heterocycles. The SMILES string of the molecule is CCCCCCCCCCCCCCCCCCCCCCCCC(=O)O[C@H](COC(=O)CCCCCCCCCCCCCCCC(C)C)COP(=O)(O)OC[C@@H](O)COP(=O)(O)OC[C@@H](COC(=O)CCCCCCCCCCC)OC(=O)CCCCCCCCCCCCCC. The minimum atomic E-state index is -4.96. The second-order valence-corrected chi connectivity index (χ2v) is 32.2. The highest BCUT2D eigenvalue weighted by molar-refractivity contribution is 7.47. The first-order chi connectivity index (χ1) is 48.0. The van der Waals surface area contributed by atoms with Gasteiger partial charge in [-0.15, -0.1) is 0 Å². The van der Waals surface area contributed by atoms with Gasteiger partial charge in [-0.05, 0) is 31.6 Å². The second-order valence-electron chi connectivity index (χ2n) is 29.3. The molecule has 0 heterocycles. The maximum atomic E-state index is 13.1. The predicted octanol–water partition coefficient (Wildman–Crippen LogP) is 24.0. The molecule has 0 bridgehead atoms. The third kappa shape index (κ3) is 74.1. The Bertz CT molecular complexity index is 1890. The summed E-state index contributed by atoms with van der Waals surface area (Å²) in [5.74, 6) is -1.32. The molecule has 0 spiro atoms. The van der Waals surface area contributed by atoms with Crippen LogP contribution < -0.4 is 0 Å². The number of aliphatic hydroxyl groups is 1. The van der Waals surface area contributed by atoms with Crippen LogP contribution in [0.1, 0.15) is 426 Å². The van der Waals surface area contributed by atoms with E-state index in [-0.39, 0.29) is 25.7 Å². The maximum Gasteiger partial charge on any atom is 0.472 e. The van der Waals surface area contributed by atoms with Crippen molar-refractivity contribution in [1.82, 2.24) is 0 Å². The number of carbonyl (C=O) groups is 4. The molecule has 99 heavy (non-hydrogen) atoms. The summed E-state index contributed by atoms with van der Waals surface area (Å²) in [6.45, 7) is 7.32. The van der Waals surface area contributed by atoms with Gasteiger partial charge in [0.2, 0.25) is 0 Å². The topological polar surface area (TPSA) is 237 Å². The van der Waals surface area contributed by atoms with E-state index in [1.54, 1.807) is 0 Å². The third-order valence-electron chi connectivity index (χ3n) is 18.8. The van der Waals surface area contributed by atoms with Crippen LogP contribution in [0.25, 0.3) is 0 Å². The minimum absolute atomic E-state index is 0.108. The number of phosphoric acid groups is 2. The van der Waals surface area contributed by atoms with Gasteiger partial charge in [-0.1, -0.05) is 375 Å². The lowest BCUT2D eigenvalue weighted by molar-refractivity contribution is -0.161. The Balaban J connectivity index is 5.18. The third-order valence-corrected chi connectivity index (χ3v) is 20.7. The van der Waals surface area contributed by atoms with Crippen molar-refractivity contribution in [3.8, 4) is 0 Å². The molecule has 0 radical (unpaired) electrons. The van der Waals surface area contributed by atoms with Crippen molar-refractivity contribution in [3.63, 3.8) is 0 Å². The number of rotatable bonds is 80. The molecule has 17 nitrogen and oxygen atoms in total. The zero-order chi connectivity index (χ0) is 72.7. The number of phosphoric ester groups is 2. The Kier molecular flexibility index (Phi) is 71.6. The lowest BCUT2D eigenvalue weighted by Crippen LogP contribution is -2.30. The fourth-order valence-electron chi connectivity index (χ4n) is 12.4. The molecule has 0 saturated carbocycles. The van der Waals surface area contributed by atoms with Crippen LogP contribution in [0, 0.1) is 5.92 Å². The van der Waals surface area contributed by atoms with E-state index in [1.165, 1.54) is 250 Å². The van der Waals surface area contributed by atoms with Gasteiger partial charge in [-0.2, -0.15) is 0 Å². The smallest absolute Gasteiger partial charge is 0.462 e. The summed E-state index contributed by atoms with van der Waals surface area (Å²) in [6, 6.07) is 0. The number of hydrogen-bond acceptors (Lipinski definition) is 15. The van der Waals surface area contributed by atoms with Crippen molar-refractivity contribution in [2.45, 2.75) is 445 Å². The van der Waals surface area contributed by atoms with Crippen LogP contribution in [0.15, 0.2) is 0 Å². The van der Waals surface area contributed by atoms with E-state index in [0.29, 0.717) is 25.7 Å². The first-order valence-corrected chi connectivity index (χ1v) is 44.6. The van der Waals surface area contributed by atoms with Crippen LogP contribution in [0.2, 0.25) is 0 Å². The summed E-state index contributed by atoms with van der Waals surface area (Å²) >= 11 is 0. The summed E-state index contributed by atoms with van der Waals surface area (Å²) in [4.78, 5) is 72.9. The van der Waals surface area contributed by atoms with Gasteiger partial charge in [0, 0.05) is 25.7 Å². The molecule has 19 heteroatoms. The Hall–Kier alpha value is -1.94. The molecule has 0 aromatic carbocycles. The van der Waals surface area contributed by atoms with Gasteiger partial charge >= 0.3 is 39.5 Å². The van der Waals surface area contributed by atoms with Crippen molar-refractivity contribution in [3.05, 3.63) is 0 Å². The molecule has 3 N–H and O–H groups in total. The van der Waals surface area contributed by atoms with Crippen LogP contribution in [0.3, 0.4) is 0 Å². The standard InChI is InChI=1S/C80H156O17P2/c1-6-9-12-15-18-21-23-25-26-27-28-29-30-31-32-33-36-41-46-51-56-61-66-80(85)97-76(70-91-78(83)64-59-54-49-44-40-37-34-35-38-43-47-52-57-62-73(4)5)72-95-99(88,89)93-68-74(81)67-92-98(86,87)94-71-75(69-90-77(82)63-58-53-48-42-20-17-14-11-8-3)96-79(84)65-60-55-50-45-39-24-22-19-16-13-10-7-2/h73-76,81H,6-72H2,1-5H3,(H,86,87)(H,88,89)/t74-,75+,76+/m0/s1. The molecule has 0 aromatic rings. The highest BCUT2D eigenvalue weighted by Gasteiger charge is 2.30. The first kappa shape index (κ1) is 97.1. The maximum absolute atomic E-state index is 13.1. The average molecular weight is 1450 g/mol. The van der Waals surface area contributed by atoms with Crippen molar-refractivity contribution in [2.24, 2.45) is 5.92 Å². The molecule has 2 unspecified atom stereocenters. The number of ether oxygens (including phenoxy) is 4. The van der Waals surface area contributed by atoms with Gasteiger partial charge in [0.15, 0.2) is 12.2 Å². The van der Waals surface area contributed by atoms with E-state index in [1.807, 2.05) is 0 Å². The van der Waals surface area contributed by atoms with Gasteiger partial charge in [0.05, 0.1) is 26.4 Å². The van der Waals surface area contributed by atoms with Gasteiger partial charge in [-0.3, -0.25) is 37.3 Å². The molecule has 5 atom stereocenters. The van der Waals surface area contributed by atoms with Crippen molar-refractivity contribution in [1.29, 1.82) is 0 Å². The number of carbonyl (C=O) groups excluding carboxylic acids is 4. The van der Waals surface area contributed by atoms with Gasteiger partial charge in [0.25, 0.3) is 0 Å². The van der Waals surface area contributed by atoms with Crippen molar-refractivity contribution in [2.75, 3.05) is 39.6 Å². The molecular formula is C80H156O17P2. The predicted molar refractivity (Wildman–Crippen MR) is 405 cm³/mol. The largest absolute Gasteiger partial charge is 0.472 e. The molecule has 0 aliphatic rings. The zero-order valence-electron chi connectivity index (χ0n) is 64.6. The summed E-state index contributed by atoms with van der Waals surface area (Å²) in [5.41, 5.74) is 0. The molecular weight excluding hydrogens is 1290 g/mol. The van der Waals surface area contributed by atoms with E-state index in [4.69, 9.17) is 37.0 Å². The number of unbranched alkanes of at least 4 members (excludes halogenated alkanes) is 52. The molecule has 0 amide bonds. The van der Waals surface area contributed by atoms with Crippen LogP contribution >= 0.6 is 15.6 Å². The molecule has 0 fully saturated rings. The number of esters is 4. The number of hydrogen-bond donors (Lipinski definition) is 3. The fraction of sp³-hybridized carbons (Fsp3) is 0.950. The van der Waals surface area contributed by atoms with E-state index < -0.39 is 97.5 Å². The zero-order valence-corrected chi connectivity index (χ0v) is 66.4. The van der Waals surface area contributed by atoms with Crippen LogP contribution in [0.5, 0.6) is 0 Å². The van der Waals surface area contributed by atoms with E-state index in [0.717, 1.165) is 95.8 Å². The van der Waals surface area contributed by atoms with Crippen LogP contribution in [0.4, 0.5) is 0 Å². The van der Waals surface area contributed by atoms with Crippen molar-refractivity contribution >= 4 is 39.5 Å². The lowest BCUT2D eigenvalue weighted by atomic mass is 10.0. The summed E-state index contributed by atoms with van der Waals surface area (Å²) < 4.78 is 68.6. The fourth-order valence-corrected chi connectivity index (χ4v) is 14.0. The first-order valence-electron chi connectivity index (χ1n) is 41.6. The Morgan fingerprint density at radius 3 is 0.687 bits per heavy atom. The normalized spacial score (nSPS) is 13.9. The molecule has 588 valence electrons. The Morgan fingerprint density at radius 2 is 0.465 bits per heavy atom. The van der Waals surface area contributed by atoms with E-state index in [9.17, 15) is 43.2 Å². The Labute approximate surface area is 607 Å². The van der Waals surface area contributed by atoms with Gasteiger partial charge in [-0.25, -0.2) is 9.13 Å². The molecule has 0 aromatic heterocycles. The van der Waals surface area contributed by atoms with Crippen LogP contribution in [-0.4, -0.2) is 96.7 Å². The summed E-state index contributed by atoms with van der Waals surface area (Å²) in [7, 11) is -9.91. The Morgan fingerprint density at radius 1 is 0.273 bits per heavy atom. The van der Waals surface area contributed by atoms with E-state index >= 15 is 0 Å². The lowest BCUT2D eigenvalue weighted by Gasteiger charge is -2.21. The highest BCUT2D eigenvalue weighted by atomic mass is 31.2. The quantitative estimate of drug-likeness (QED) is 0.0222. The highest BCUT2D eigenvalue weighted by Crippen LogP contribution is 2.45. The van der Waals surface area contributed by atoms with Crippen molar-refractivity contribution < 1.29 is 80.2 Å². The van der Waals surface area contributed by atoms with Gasteiger partial charge < -0.3 is 33.8 Å². The van der Waals surface area contributed by atoms with Crippen LogP contribution in [-0.2, 0) is 65.4 Å². The summed E-state index contributed by atoms with van der Waals surface area (Å²) in [5, 5.41) is 10.6.